The molecule has 0 heterocycles. The predicted octanol–water partition coefficient (Wildman–Crippen LogP) is 1.61. The lowest BCUT2D eigenvalue weighted by atomic mass is 10.7. The van der Waals surface area contributed by atoms with Crippen LogP contribution in [0.2, 0.25) is 0 Å². The minimum Gasteiger partial charge on any atom is -0.441 e. The maximum atomic E-state index is 10.2. The Kier molecular flexibility index (Phi) is 3.84. The molecule has 50 valence electrons. The summed E-state index contributed by atoms with van der Waals surface area (Å²) in [5.41, 5.74) is -1.44. The van der Waals surface area contributed by atoms with Crippen LogP contribution in [0, 0.1) is 0 Å². The fourth-order valence-electron chi connectivity index (χ4n) is 0.176. The average molecular weight is 149 g/mol. The number of carboxylic acid groups (broad SMARTS) is 1. The first-order chi connectivity index (χ1) is 4.18. The van der Waals surface area contributed by atoms with Gasteiger partial charge in [-0.1, -0.05) is 6.08 Å². The molecule has 0 aliphatic carbocycles. The molecule has 0 bridgehead atoms. The lowest BCUT2D eigenvalue weighted by molar-refractivity contribution is 0.214. The van der Waals surface area contributed by atoms with Crippen LogP contribution in [0.5, 0.6) is 0 Å². The maximum absolute atomic E-state index is 10.2. The SMILES string of the molecule is C=CCO[P+](=O)C(=O)O. The predicted molar refractivity (Wildman–Crippen MR) is 31.8 cm³/mol. The van der Waals surface area contributed by atoms with Crippen LogP contribution in [-0.2, 0) is 9.09 Å². The fraction of sp³-hybridized carbons (Fsp3) is 0.250. The Morgan fingerprint density at radius 1 is 1.89 bits per heavy atom. The van der Waals surface area contributed by atoms with E-state index in [0.29, 0.717) is 0 Å². The van der Waals surface area contributed by atoms with E-state index in [9.17, 15) is 9.36 Å². The third-order valence-corrected chi connectivity index (χ3v) is 1.16. The Labute approximate surface area is 53.0 Å². The summed E-state index contributed by atoms with van der Waals surface area (Å²) >= 11 is 0. The Hall–Kier alpha value is -0.730. The standard InChI is InChI=1S/C4H5O4P/c1-2-3-8-9(7)4(5)6/h2H,1,3H2/p+1. The third-order valence-electron chi connectivity index (χ3n) is 0.466. The lowest BCUT2D eigenvalue weighted by Crippen LogP contribution is -1.87. The van der Waals surface area contributed by atoms with Gasteiger partial charge in [-0.2, -0.15) is 4.79 Å². The van der Waals surface area contributed by atoms with Crippen LogP contribution in [0.4, 0.5) is 4.79 Å². The van der Waals surface area contributed by atoms with Gasteiger partial charge in [0.2, 0.25) is 0 Å². The van der Waals surface area contributed by atoms with Crippen LogP contribution in [0.3, 0.4) is 0 Å². The molecule has 0 spiro atoms. The molecular weight excluding hydrogens is 143 g/mol. The van der Waals surface area contributed by atoms with E-state index in [1.165, 1.54) is 6.08 Å². The summed E-state index contributed by atoms with van der Waals surface area (Å²) in [4.78, 5) is 9.76. The molecule has 0 aliphatic heterocycles. The zero-order valence-electron chi connectivity index (χ0n) is 4.61. The van der Waals surface area contributed by atoms with Crippen molar-refractivity contribution in [3.05, 3.63) is 12.7 Å². The van der Waals surface area contributed by atoms with E-state index in [2.05, 4.69) is 11.1 Å². The van der Waals surface area contributed by atoms with Crippen molar-refractivity contribution in [3.8, 4) is 0 Å². The number of hydrogen-bond donors (Lipinski definition) is 1. The molecule has 0 aromatic rings. The van der Waals surface area contributed by atoms with Gasteiger partial charge in [0.05, 0.1) is 0 Å². The number of rotatable bonds is 4. The Morgan fingerprint density at radius 2 is 2.44 bits per heavy atom. The summed E-state index contributed by atoms with van der Waals surface area (Å²) in [6, 6.07) is 0. The van der Waals surface area contributed by atoms with Crippen LogP contribution in [0.25, 0.3) is 0 Å². The molecule has 0 aromatic heterocycles. The summed E-state index contributed by atoms with van der Waals surface area (Å²) < 4.78 is 14.4. The molecule has 0 aliphatic rings. The van der Waals surface area contributed by atoms with E-state index in [4.69, 9.17) is 5.11 Å². The molecule has 0 fully saturated rings. The van der Waals surface area contributed by atoms with Gasteiger partial charge in [0.25, 0.3) is 0 Å². The lowest BCUT2D eigenvalue weighted by Gasteiger charge is -1.76. The van der Waals surface area contributed by atoms with Gasteiger partial charge >= 0.3 is 13.7 Å². The van der Waals surface area contributed by atoms with E-state index in [-0.39, 0.29) is 6.61 Å². The van der Waals surface area contributed by atoms with Gasteiger partial charge in [-0.3, -0.25) is 0 Å². The normalized spacial score (nSPS) is 10.4. The second-order valence-electron chi connectivity index (χ2n) is 1.12. The van der Waals surface area contributed by atoms with Crippen molar-refractivity contribution in [2.75, 3.05) is 6.61 Å². The quantitative estimate of drug-likeness (QED) is 0.487. The van der Waals surface area contributed by atoms with E-state index < -0.39 is 13.7 Å². The third kappa shape index (κ3) is 3.82. The minimum atomic E-state index is -2.55. The Morgan fingerprint density at radius 3 is 2.78 bits per heavy atom. The summed E-state index contributed by atoms with van der Waals surface area (Å²) in [7, 11) is -2.55. The minimum absolute atomic E-state index is 0.00149. The van der Waals surface area contributed by atoms with Crippen molar-refractivity contribution in [1.29, 1.82) is 0 Å². The second-order valence-corrected chi connectivity index (χ2v) is 2.28. The summed E-state index contributed by atoms with van der Waals surface area (Å²) in [5.74, 6) is 0. The topological polar surface area (TPSA) is 63.6 Å². The molecule has 0 saturated heterocycles. The van der Waals surface area contributed by atoms with Crippen molar-refractivity contribution in [1.82, 2.24) is 0 Å². The highest BCUT2D eigenvalue weighted by molar-refractivity contribution is 7.58. The molecule has 9 heavy (non-hydrogen) atoms. The van der Waals surface area contributed by atoms with Crippen molar-refractivity contribution < 1.29 is 19.0 Å². The summed E-state index contributed by atoms with van der Waals surface area (Å²) in [6.07, 6.45) is 1.33. The first-order valence-corrected chi connectivity index (χ1v) is 3.30. The molecule has 0 aromatic carbocycles. The smallest absolute Gasteiger partial charge is 0.441 e. The van der Waals surface area contributed by atoms with Crippen LogP contribution in [-0.4, -0.2) is 17.4 Å². The molecule has 0 radical (unpaired) electrons. The highest BCUT2D eigenvalue weighted by Crippen LogP contribution is 2.21. The number of hydrogen-bond acceptors (Lipinski definition) is 3. The first kappa shape index (κ1) is 8.27. The summed E-state index contributed by atoms with van der Waals surface area (Å²) in [5, 5.41) is 7.97. The van der Waals surface area contributed by atoms with Gasteiger partial charge in [-0.25, -0.2) is 0 Å². The highest BCUT2D eigenvalue weighted by atomic mass is 31.1. The molecule has 1 atom stereocenters. The second kappa shape index (κ2) is 4.18. The van der Waals surface area contributed by atoms with Crippen LogP contribution < -0.4 is 0 Å². The van der Waals surface area contributed by atoms with Gasteiger partial charge < -0.3 is 5.11 Å². The van der Waals surface area contributed by atoms with Crippen LogP contribution in [0.1, 0.15) is 0 Å². The Balaban J connectivity index is 3.51. The molecule has 0 rings (SSSR count). The molecular formula is C4H6O4P+. The highest BCUT2D eigenvalue weighted by Gasteiger charge is 2.29. The van der Waals surface area contributed by atoms with Gasteiger partial charge in [-0.15, -0.1) is 11.1 Å². The van der Waals surface area contributed by atoms with Crippen molar-refractivity contribution in [2.45, 2.75) is 0 Å². The van der Waals surface area contributed by atoms with Crippen molar-refractivity contribution in [2.24, 2.45) is 0 Å². The zero-order valence-corrected chi connectivity index (χ0v) is 5.51. The Bertz CT molecular complexity index is 142. The fourth-order valence-corrected chi connectivity index (χ4v) is 0.527. The molecule has 0 amide bonds. The first-order valence-electron chi connectivity index (χ1n) is 2.12. The summed E-state index contributed by atoms with van der Waals surface area (Å²) in [6.45, 7) is 3.25. The largest absolute Gasteiger partial charge is 0.636 e. The molecule has 1 unspecified atom stereocenters. The van der Waals surface area contributed by atoms with E-state index in [1.807, 2.05) is 0 Å². The van der Waals surface area contributed by atoms with Gasteiger partial charge in [0.1, 0.15) is 6.61 Å². The molecule has 0 saturated carbocycles. The average Bonchev–Trinajstić information content (AvgIpc) is 1.82. The van der Waals surface area contributed by atoms with Crippen molar-refractivity contribution in [3.63, 3.8) is 0 Å². The van der Waals surface area contributed by atoms with E-state index in [1.54, 1.807) is 0 Å². The maximum Gasteiger partial charge on any atom is 0.636 e. The van der Waals surface area contributed by atoms with E-state index >= 15 is 0 Å². The van der Waals surface area contributed by atoms with Gasteiger partial charge in [-0.05, 0) is 4.57 Å². The van der Waals surface area contributed by atoms with Gasteiger partial charge in [0, 0.05) is 0 Å². The molecule has 1 N–H and O–H groups in total. The van der Waals surface area contributed by atoms with Gasteiger partial charge in [0.15, 0.2) is 0 Å². The monoisotopic (exact) mass is 149 g/mol. The van der Waals surface area contributed by atoms with Crippen molar-refractivity contribution >= 4 is 13.7 Å². The van der Waals surface area contributed by atoms with E-state index in [0.717, 1.165) is 0 Å². The van der Waals surface area contributed by atoms with Crippen LogP contribution >= 0.6 is 8.03 Å². The number of carbonyl (C=O) groups is 1. The zero-order chi connectivity index (χ0) is 7.28. The molecule has 5 heteroatoms. The molecule has 4 nitrogen and oxygen atoms in total. The van der Waals surface area contributed by atoms with Crippen LogP contribution in [0.15, 0.2) is 12.7 Å².